The van der Waals surface area contributed by atoms with E-state index in [4.69, 9.17) is 0 Å². The fraction of sp³-hybridized carbons (Fsp3) is 0.296. The maximum absolute atomic E-state index is 12.3. The topological polar surface area (TPSA) is 141 Å². The van der Waals surface area contributed by atoms with Crippen molar-refractivity contribution in [3.63, 3.8) is 0 Å². The normalized spacial score (nSPS) is 13.3. The molecule has 0 heterocycles. The zero-order chi connectivity index (χ0) is 28.3. The minimum absolute atomic E-state index is 0. The Bertz CT molecular complexity index is 1530. The Labute approximate surface area is 260 Å². The second-order valence-corrected chi connectivity index (χ2v) is 11.2. The number of phenolic OH excluding ortho intramolecular Hbond substituents is 1. The molecule has 0 aromatic heterocycles. The molecule has 0 amide bonds. The summed E-state index contributed by atoms with van der Waals surface area (Å²) < 4.78 is 73.9. The number of aromatic hydroxyl groups is 1. The molecular formula is C27H31CaN2O7S2+. The fourth-order valence-electron chi connectivity index (χ4n) is 4.49. The smallest absolute Gasteiger partial charge is 0.744 e. The second-order valence-electron chi connectivity index (χ2n) is 8.54. The average Bonchev–Trinajstić information content (AvgIpc) is 2.86. The van der Waals surface area contributed by atoms with Crippen molar-refractivity contribution >= 4 is 74.9 Å². The summed E-state index contributed by atoms with van der Waals surface area (Å²) in [4.78, 5) is 0.0272. The Balaban J connectivity index is 0.00000533. The summed E-state index contributed by atoms with van der Waals surface area (Å²) in [5.74, 6) is -0.945. The van der Waals surface area contributed by atoms with Gasteiger partial charge in [0.25, 0.3) is 0 Å². The van der Waals surface area contributed by atoms with Gasteiger partial charge < -0.3 is 19.1 Å². The van der Waals surface area contributed by atoms with Crippen LogP contribution in [0.1, 0.15) is 38.8 Å². The van der Waals surface area contributed by atoms with Crippen LogP contribution in [0, 0.1) is 0 Å². The number of phenols is 1. The van der Waals surface area contributed by atoms with Gasteiger partial charge in [-0.1, -0.05) is 12.1 Å². The van der Waals surface area contributed by atoms with Crippen molar-refractivity contribution in [3.05, 3.63) is 77.4 Å². The molecule has 0 atom stereocenters. The van der Waals surface area contributed by atoms with Crippen LogP contribution in [0.3, 0.4) is 0 Å². The van der Waals surface area contributed by atoms with Crippen LogP contribution in [-0.2, 0) is 20.2 Å². The molecule has 3 rings (SSSR count). The fourth-order valence-corrected chi connectivity index (χ4v) is 5.83. The zero-order valence-electron chi connectivity index (χ0n) is 22.4. The monoisotopic (exact) mass is 599 g/mol. The predicted molar refractivity (Wildman–Crippen MR) is 150 cm³/mol. The summed E-state index contributed by atoms with van der Waals surface area (Å²) in [5.41, 5.74) is 2.99. The standard InChI is InChI=1S/C27H32N2O7S2.Ca/c1-5-28(6-2)21-13-9-19(10-14-21)27(20-11-15-22(16-12-20)29(7-3)8-4)23-17-24(30)26(38(34,35)36)18-25(23)37(31,32)33;/h9-18H,5-8H2,1-4H3,(H2-,30,31,32,33,34,35,36);/q;+2/p-1. The molecule has 39 heavy (non-hydrogen) atoms. The van der Waals surface area contributed by atoms with Crippen LogP contribution >= 0.6 is 0 Å². The first-order valence-corrected chi connectivity index (χ1v) is 15.0. The predicted octanol–water partition coefficient (Wildman–Crippen LogP) is 3.09. The molecule has 2 aromatic carbocycles. The molecule has 2 aromatic rings. The van der Waals surface area contributed by atoms with Gasteiger partial charge in [-0.15, -0.1) is 0 Å². The zero-order valence-corrected chi connectivity index (χ0v) is 26.3. The molecule has 12 heteroatoms. The summed E-state index contributed by atoms with van der Waals surface area (Å²) in [6.45, 7) is 11.2. The van der Waals surface area contributed by atoms with E-state index in [2.05, 4.69) is 9.48 Å². The van der Waals surface area contributed by atoms with E-state index in [0.717, 1.165) is 43.6 Å². The first-order chi connectivity index (χ1) is 17.8. The van der Waals surface area contributed by atoms with E-state index in [-0.39, 0.29) is 48.9 Å². The number of allylic oxidation sites excluding steroid dienone is 5. The average molecular weight is 600 g/mol. The Kier molecular flexibility index (Phi) is 11.6. The SMILES string of the molecule is CCN(CC)c1ccc(C(=C2C=CC(=[N+](CC)CC)C=C2)c2cc(O)c(S(=O)(=O)[O-])cc2S(=O)(=O)[O-])cc1.[Ca+2]. The van der Waals surface area contributed by atoms with Crippen LogP contribution in [0.15, 0.2) is 76.1 Å². The van der Waals surface area contributed by atoms with Crippen LogP contribution in [-0.4, -0.2) is 105 Å². The molecule has 0 radical (unpaired) electrons. The van der Waals surface area contributed by atoms with Crippen LogP contribution < -0.4 is 4.90 Å². The van der Waals surface area contributed by atoms with E-state index >= 15 is 0 Å². The quantitative estimate of drug-likeness (QED) is 0.263. The van der Waals surface area contributed by atoms with E-state index in [1.807, 2.05) is 52.0 Å². The van der Waals surface area contributed by atoms with Crippen molar-refractivity contribution in [1.82, 2.24) is 0 Å². The van der Waals surface area contributed by atoms with E-state index in [1.165, 1.54) is 0 Å². The maximum atomic E-state index is 12.3. The number of benzene rings is 2. The van der Waals surface area contributed by atoms with Gasteiger partial charge in [-0.25, -0.2) is 21.4 Å². The molecular weight excluding hydrogens is 569 g/mol. The van der Waals surface area contributed by atoms with Gasteiger partial charge >= 0.3 is 37.7 Å². The van der Waals surface area contributed by atoms with E-state index < -0.39 is 35.8 Å². The maximum Gasteiger partial charge on any atom is 2.00 e. The van der Waals surface area contributed by atoms with Crippen molar-refractivity contribution in [2.45, 2.75) is 37.5 Å². The molecule has 1 N–H and O–H groups in total. The number of nitrogens with zero attached hydrogens (tertiary/aromatic N) is 2. The van der Waals surface area contributed by atoms with Gasteiger partial charge in [0, 0.05) is 36.5 Å². The van der Waals surface area contributed by atoms with E-state index in [9.17, 15) is 31.0 Å². The molecule has 0 aliphatic heterocycles. The third-order valence-electron chi connectivity index (χ3n) is 6.44. The van der Waals surface area contributed by atoms with Gasteiger partial charge in [0.15, 0.2) is 5.71 Å². The first-order valence-electron chi connectivity index (χ1n) is 12.2. The number of rotatable bonds is 9. The Hall–Kier alpha value is -1.99. The van der Waals surface area contributed by atoms with Crippen LogP contribution in [0.5, 0.6) is 5.75 Å². The first kappa shape index (κ1) is 33.2. The number of anilines is 1. The molecule has 1 aliphatic rings. The summed E-state index contributed by atoms with van der Waals surface area (Å²) >= 11 is 0. The summed E-state index contributed by atoms with van der Waals surface area (Å²) in [5, 5.41) is 10.4. The van der Waals surface area contributed by atoms with Gasteiger partial charge in [0.2, 0.25) is 0 Å². The summed E-state index contributed by atoms with van der Waals surface area (Å²) in [6, 6.07) is 8.52. The van der Waals surface area contributed by atoms with Gasteiger partial charge in [-0.2, -0.15) is 0 Å². The van der Waals surface area contributed by atoms with Crippen LogP contribution in [0.4, 0.5) is 5.69 Å². The van der Waals surface area contributed by atoms with Crippen LogP contribution in [0.25, 0.3) is 5.57 Å². The third kappa shape index (κ3) is 7.60. The summed E-state index contributed by atoms with van der Waals surface area (Å²) in [7, 11) is -10.5. The van der Waals surface area contributed by atoms with Crippen molar-refractivity contribution in [2.75, 3.05) is 31.1 Å². The molecule has 0 saturated carbocycles. The molecule has 204 valence electrons. The second kappa shape index (κ2) is 13.6. The van der Waals surface area contributed by atoms with Gasteiger partial charge in [-0.05, 0) is 80.8 Å². The molecule has 0 unspecified atom stereocenters. The molecule has 9 nitrogen and oxygen atoms in total. The minimum Gasteiger partial charge on any atom is -0.744 e. The van der Waals surface area contributed by atoms with Crippen LogP contribution in [0.2, 0.25) is 0 Å². The minimum atomic E-state index is -5.25. The third-order valence-corrected chi connectivity index (χ3v) is 8.18. The molecule has 0 spiro atoms. The van der Waals surface area contributed by atoms with E-state index in [1.54, 1.807) is 24.3 Å². The van der Waals surface area contributed by atoms with Gasteiger partial charge in [0.1, 0.15) is 39.1 Å². The van der Waals surface area contributed by atoms with Crippen molar-refractivity contribution in [2.24, 2.45) is 0 Å². The molecule has 0 fully saturated rings. The van der Waals surface area contributed by atoms with Gasteiger partial charge in [-0.3, -0.25) is 0 Å². The Morgan fingerprint density at radius 3 is 1.77 bits per heavy atom. The number of hydrogen-bond donors (Lipinski definition) is 1. The number of hydrogen-bond acceptors (Lipinski definition) is 8. The van der Waals surface area contributed by atoms with Crippen molar-refractivity contribution in [3.8, 4) is 5.75 Å². The Morgan fingerprint density at radius 1 is 0.821 bits per heavy atom. The van der Waals surface area contributed by atoms with Crippen molar-refractivity contribution < 1.29 is 35.6 Å². The Morgan fingerprint density at radius 2 is 1.33 bits per heavy atom. The van der Waals surface area contributed by atoms with E-state index in [0.29, 0.717) is 17.2 Å². The summed E-state index contributed by atoms with van der Waals surface area (Å²) in [6.07, 6.45) is 7.23. The molecule has 0 saturated heterocycles. The van der Waals surface area contributed by atoms with Gasteiger partial charge in [0.05, 0.1) is 9.79 Å². The molecule has 0 bridgehead atoms. The molecule has 1 aliphatic carbocycles. The largest absolute Gasteiger partial charge is 2.00 e. The van der Waals surface area contributed by atoms with Crippen molar-refractivity contribution in [1.29, 1.82) is 0 Å².